The van der Waals surface area contributed by atoms with E-state index in [9.17, 15) is 18.0 Å². The molecule has 1 aliphatic rings. The molecule has 0 bridgehead atoms. The third-order valence-electron chi connectivity index (χ3n) is 3.28. The number of carbonyl (C=O) groups excluding carboxylic acids is 1. The van der Waals surface area contributed by atoms with E-state index in [1.165, 1.54) is 5.38 Å². The van der Waals surface area contributed by atoms with E-state index >= 15 is 0 Å². The maximum absolute atomic E-state index is 12.5. The van der Waals surface area contributed by atoms with Gasteiger partial charge in [-0.1, -0.05) is 0 Å². The van der Waals surface area contributed by atoms with Crippen LogP contribution in [-0.2, 0) is 0 Å². The van der Waals surface area contributed by atoms with E-state index in [1.807, 2.05) is 0 Å². The number of nitrogens with zero attached hydrogens (tertiary/aromatic N) is 1. The number of nitrogen functional groups attached to an aromatic ring is 1. The molecule has 0 atom stereocenters. The van der Waals surface area contributed by atoms with Crippen LogP contribution in [0.3, 0.4) is 0 Å². The third kappa shape index (κ3) is 3.59. The van der Waals surface area contributed by atoms with Crippen molar-refractivity contribution in [2.24, 2.45) is 5.92 Å². The molecule has 0 saturated heterocycles. The average Bonchev–Trinajstić information content (AvgIpc) is 2.75. The van der Waals surface area contributed by atoms with E-state index < -0.39 is 12.1 Å². The van der Waals surface area contributed by atoms with Gasteiger partial charge in [-0.25, -0.2) is 4.98 Å². The Bertz CT molecular complexity index is 452. The van der Waals surface area contributed by atoms with Gasteiger partial charge in [0.2, 0.25) is 0 Å². The molecule has 1 aliphatic carbocycles. The molecule has 106 valence electrons. The van der Waals surface area contributed by atoms with Gasteiger partial charge in [-0.2, -0.15) is 13.2 Å². The Morgan fingerprint density at radius 1 is 1.37 bits per heavy atom. The van der Waals surface area contributed by atoms with Gasteiger partial charge in [0.1, 0.15) is 5.69 Å². The van der Waals surface area contributed by atoms with Crippen LogP contribution in [0.25, 0.3) is 0 Å². The van der Waals surface area contributed by atoms with Crippen molar-refractivity contribution in [2.45, 2.75) is 37.9 Å². The lowest BCUT2D eigenvalue weighted by Crippen LogP contribution is -2.40. The summed E-state index contributed by atoms with van der Waals surface area (Å²) in [5.41, 5.74) is 5.64. The first-order valence-electron chi connectivity index (χ1n) is 5.95. The molecule has 0 aliphatic heterocycles. The number of rotatable bonds is 2. The normalized spacial score (nSPS) is 24.2. The van der Waals surface area contributed by atoms with Crippen LogP contribution < -0.4 is 11.1 Å². The smallest absolute Gasteiger partial charge is 0.375 e. The topological polar surface area (TPSA) is 68.0 Å². The minimum atomic E-state index is -4.13. The van der Waals surface area contributed by atoms with Crippen LogP contribution in [0, 0.1) is 5.92 Å². The molecule has 0 spiro atoms. The van der Waals surface area contributed by atoms with Gasteiger partial charge in [-0.3, -0.25) is 4.79 Å². The summed E-state index contributed by atoms with van der Waals surface area (Å²) < 4.78 is 37.5. The van der Waals surface area contributed by atoms with Gasteiger partial charge in [0.25, 0.3) is 5.91 Å². The summed E-state index contributed by atoms with van der Waals surface area (Å²) in [4.78, 5) is 15.6. The monoisotopic (exact) mass is 293 g/mol. The second kappa shape index (κ2) is 5.36. The summed E-state index contributed by atoms with van der Waals surface area (Å²) in [6.07, 6.45) is -3.31. The molecule has 1 amide bonds. The van der Waals surface area contributed by atoms with E-state index in [4.69, 9.17) is 5.73 Å². The highest BCUT2D eigenvalue weighted by Crippen LogP contribution is 2.37. The zero-order valence-corrected chi connectivity index (χ0v) is 10.9. The lowest BCUT2D eigenvalue weighted by Gasteiger charge is -2.30. The lowest BCUT2D eigenvalue weighted by atomic mass is 9.85. The molecule has 0 unspecified atom stereocenters. The molecule has 1 fully saturated rings. The number of thiazole rings is 1. The minimum Gasteiger partial charge on any atom is -0.375 e. The zero-order valence-electron chi connectivity index (χ0n) is 10.0. The number of alkyl halides is 3. The maximum atomic E-state index is 12.5. The Hall–Kier alpha value is -1.31. The summed E-state index contributed by atoms with van der Waals surface area (Å²) in [6, 6.07) is -0.214. The van der Waals surface area contributed by atoms with Crippen molar-refractivity contribution in [1.82, 2.24) is 10.3 Å². The molecule has 8 heteroatoms. The lowest BCUT2D eigenvalue weighted by molar-refractivity contribution is -0.182. The van der Waals surface area contributed by atoms with E-state index in [0.717, 1.165) is 11.3 Å². The fraction of sp³-hybridized carbons (Fsp3) is 0.636. The number of anilines is 1. The van der Waals surface area contributed by atoms with Gasteiger partial charge < -0.3 is 11.1 Å². The molecule has 1 aromatic heterocycles. The molecular formula is C11H14F3N3OS. The molecule has 1 heterocycles. The summed E-state index contributed by atoms with van der Waals surface area (Å²) in [7, 11) is 0. The SMILES string of the molecule is Nc1nc(C(=O)NC2CCC(C(F)(F)F)CC2)cs1. The molecule has 0 radical (unpaired) electrons. The number of nitrogens with one attached hydrogen (secondary N) is 1. The first-order chi connectivity index (χ1) is 8.86. The van der Waals surface area contributed by atoms with Gasteiger partial charge in [-0.05, 0) is 25.7 Å². The molecular weight excluding hydrogens is 279 g/mol. The fourth-order valence-electron chi connectivity index (χ4n) is 2.22. The Labute approximate surface area is 112 Å². The quantitative estimate of drug-likeness (QED) is 0.880. The number of amides is 1. The maximum Gasteiger partial charge on any atom is 0.391 e. The van der Waals surface area contributed by atoms with E-state index in [2.05, 4.69) is 10.3 Å². The second-order valence-electron chi connectivity index (χ2n) is 4.63. The summed E-state index contributed by atoms with van der Waals surface area (Å²) in [5, 5.41) is 4.53. The molecule has 1 saturated carbocycles. The van der Waals surface area contributed by atoms with Gasteiger partial charge in [0, 0.05) is 11.4 Å². The van der Waals surface area contributed by atoms with Crippen LogP contribution in [0.15, 0.2) is 5.38 Å². The highest BCUT2D eigenvalue weighted by molar-refractivity contribution is 7.13. The Kier molecular flexibility index (Phi) is 3.98. The number of halogens is 3. The minimum absolute atomic E-state index is 0.0631. The fourth-order valence-corrected chi connectivity index (χ4v) is 2.76. The molecule has 2 rings (SSSR count). The summed E-state index contributed by atoms with van der Waals surface area (Å²) in [5.74, 6) is -1.61. The predicted molar refractivity (Wildman–Crippen MR) is 65.8 cm³/mol. The van der Waals surface area contributed by atoms with Gasteiger partial charge in [0.05, 0.1) is 5.92 Å². The first-order valence-corrected chi connectivity index (χ1v) is 6.83. The van der Waals surface area contributed by atoms with Crippen molar-refractivity contribution in [3.8, 4) is 0 Å². The average molecular weight is 293 g/mol. The highest BCUT2D eigenvalue weighted by Gasteiger charge is 2.41. The van der Waals surface area contributed by atoms with Crippen molar-refractivity contribution in [2.75, 3.05) is 5.73 Å². The van der Waals surface area contributed by atoms with Crippen LogP contribution in [0.2, 0.25) is 0 Å². The van der Waals surface area contributed by atoms with Crippen LogP contribution >= 0.6 is 11.3 Å². The van der Waals surface area contributed by atoms with Crippen molar-refractivity contribution in [3.63, 3.8) is 0 Å². The molecule has 4 nitrogen and oxygen atoms in total. The summed E-state index contributed by atoms with van der Waals surface area (Å²) in [6.45, 7) is 0. The molecule has 1 aromatic rings. The van der Waals surface area contributed by atoms with Gasteiger partial charge in [0.15, 0.2) is 5.13 Å². The van der Waals surface area contributed by atoms with Crippen molar-refractivity contribution in [1.29, 1.82) is 0 Å². The van der Waals surface area contributed by atoms with Crippen molar-refractivity contribution >= 4 is 22.4 Å². The number of hydrogen-bond donors (Lipinski definition) is 2. The zero-order chi connectivity index (χ0) is 14.0. The van der Waals surface area contributed by atoms with E-state index in [-0.39, 0.29) is 30.5 Å². The van der Waals surface area contributed by atoms with E-state index in [0.29, 0.717) is 18.0 Å². The van der Waals surface area contributed by atoms with Crippen LogP contribution in [0.5, 0.6) is 0 Å². The standard InChI is InChI=1S/C11H14F3N3OS/c12-11(13,14)6-1-3-7(4-2-6)16-9(18)8-5-19-10(15)17-8/h5-7H,1-4H2,(H2,15,17)(H,16,18). The second-order valence-corrected chi connectivity index (χ2v) is 5.52. The Morgan fingerprint density at radius 3 is 2.47 bits per heavy atom. The molecule has 3 N–H and O–H groups in total. The van der Waals surface area contributed by atoms with Crippen molar-refractivity contribution in [3.05, 3.63) is 11.1 Å². The van der Waals surface area contributed by atoms with E-state index in [1.54, 1.807) is 0 Å². The predicted octanol–water partition coefficient (Wildman–Crippen LogP) is 2.58. The number of carbonyl (C=O) groups is 1. The summed E-state index contributed by atoms with van der Waals surface area (Å²) >= 11 is 1.16. The van der Waals surface area contributed by atoms with Crippen LogP contribution in [0.1, 0.15) is 36.2 Å². The van der Waals surface area contributed by atoms with Crippen LogP contribution in [-0.4, -0.2) is 23.1 Å². The molecule has 19 heavy (non-hydrogen) atoms. The van der Waals surface area contributed by atoms with Crippen molar-refractivity contribution < 1.29 is 18.0 Å². The third-order valence-corrected chi connectivity index (χ3v) is 3.95. The number of nitrogens with two attached hydrogens (primary N) is 1. The number of hydrogen-bond acceptors (Lipinski definition) is 4. The largest absolute Gasteiger partial charge is 0.391 e. The van der Waals surface area contributed by atoms with Gasteiger partial charge >= 0.3 is 6.18 Å². The first kappa shape index (κ1) is 14.1. The highest BCUT2D eigenvalue weighted by atomic mass is 32.1. The Balaban J connectivity index is 1.84. The van der Waals surface area contributed by atoms with Crippen LogP contribution in [0.4, 0.5) is 18.3 Å². The molecule has 0 aromatic carbocycles. The number of aromatic nitrogens is 1. The van der Waals surface area contributed by atoms with Gasteiger partial charge in [-0.15, -0.1) is 11.3 Å². The Morgan fingerprint density at radius 2 is 2.00 bits per heavy atom.